The fraction of sp³-hybridized carbons (Fsp3) is 0.588. The van der Waals surface area contributed by atoms with Crippen LogP contribution in [0.3, 0.4) is 0 Å². The van der Waals surface area contributed by atoms with Crippen molar-refractivity contribution in [3.63, 3.8) is 0 Å². The Hall–Kier alpha value is -2.04. The van der Waals surface area contributed by atoms with Crippen LogP contribution in [0.5, 0.6) is 0 Å². The summed E-state index contributed by atoms with van der Waals surface area (Å²) in [6.45, 7) is 7.78. The topological polar surface area (TPSA) is 113 Å². The van der Waals surface area contributed by atoms with Crippen molar-refractivity contribution in [2.45, 2.75) is 25.7 Å². The normalized spacial score (nSPS) is 16.4. The van der Waals surface area contributed by atoms with Gasteiger partial charge in [0.25, 0.3) is 5.69 Å². The largest absolute Gasteiger partial charge is 0.355 e. The minimum Gasteiger partial charge on any atom is -0.355 e. The van der Waals surface area contributed by atoms with Gasteiger partial charge in [0.1, 0.15) is 0 Å². The highest BCUT2D eigenvalue weighted by atomic mass is 32.2. The highest BCUT2D eigenvalue weighted by molar-refractivity contribution is 7.89. The molecule has 0 unspecified atom stereocenters. The smallest absolute Gasteiger partial charge is 0.273 e. The fourth-order valence-electron chi connectivity index (χ4n) is 2.80. The van der Waals surface area contributed by atoms with Crippen molar-refractivity contribution in [2.24, 2.45) is 5.92 Å². The SMILES string of the molecule is Cc1ccc(S(=O)(=O)N2CCN(CC(=O)NCC(C)C)CC2)cc1[N+](=O)[O-]. The van der Waals surface area contributed by atoms with Crippen LogP contribution in [0, 0.1) is 23.0 Å². The van der Waals surface area contributed by atoms with E-state index in [1.807, 2.05) is 18.7 Å². The van der Waals surface area contributed by atoms with Gasteiger partial charge in [-0.05, 0) is 18.9 Å². The number of amides is 1. The minimum absolute atomic E-state index is 0.0748. The molecule has 0 bridgehead atoms. The van der Waals surface area contributed by atoms with Crippen LogP contribution >= 0.6 is 0 Å². The maximum atomic E-state index is 12.8. The molecule has 1 aliphatic heterocycles. The highest BCUT2D eigenvalue weighted by Crippen LogP contribution is 2.25. The molecule has 150 valence electrons. The number of nitro benzene ring substituents is 1. The van der Waals surface area contributed by atoms with Crippen LogP contribution in [0.25, 0.3) is 0 Å². The monoisotopic (exact) mass is 398 g/mol. The van der Waals surface area contributed by atoms with Gasteiger partial charge >= 0.3 is 0 Å². The third-order valence-electron chi connectivity index (χ3n) is 4.42. The number of nitrogens with zero attached hydrogens (tertiary/aromatic N) is 3. The van der Waals surface area contributed by atoms with Crippen LogP contribution < -0.4 is 5.32 Å². The lowest BCUT2D eigenvalue weighted by Gasteiger charge is -2.33. The van der Waals surface area contributed by atoms with Gasteiger partial charge in [-0.15, -0.1) is 0 Å². The zero-order valence-corrected chi connectivity index (χ0v) is 16.7. The number of nitro groups is 1. The molecule has 0 radical (unpaired) electrons. The summed E-state index contributed by atoms with van der Waals surface area (Å²) in [7, 11) is -3.81. The second-order valence-electron chi connectivity index (χ2n) is 7.08. The minimum atomic E-state index is -3.81. The van der Waals surface area contributed by atoms with Gasteiger partial charge in [-0.2, -0.15) is 4.31 Å². The number of sulfonamides is 1. The first kappa shape index (κ1) is 21.3. The van der Waals surface area contributed by atoms with Crippen molar-refractivity contribution >= 4 is 21.6 Å². The molecule has 0 atom stereocenters. The summed E-state index contributed by atoms with van der Waals surface area (Å²) < 4.78 is 26.9. The van der Waals surface area contributed by atoms with E-state index in [1.54, 1.807) is 6.92 Å². The molecule has 1 saturated heterocycles. The number of piperazine rings is 1. The summed E-state index contributed by atoms with van der Waals surface area (Å²) in [6.07, 6.45) is 0. The molecule has 1 N–H and O–H groups in total. The first-order valence-corrected chi connectivity index (χ1v) is 10.3. The Morgan fingerprint density at radius 2 is 1.89 bits per heavy atom. The molecule has 1 aromatic carbocycles. The Kier molecular flexibility index (Phi) is 6.90. The van der Waals surface area contributed by atoms with Crippen LogP contribution in [-0.2, 0) is 14.8 Å². The van der Waals surface area contributed by atoms with Gasteiger partial charge in [-0.1, -0.05) is 19.9 Å². The van der Waals surface area contributed by atoms with Gasteiger partial charge in [0.2, 0.25) is 15.9 Å². The van der Waals surface area contributed by atoms with Crippen molar-refractivity contribution in [1.29, 1.82) is 0 Å². The maximum absolute atomic E-state index is 12.8. The number of hydrogen-bond acceptors (Lipinski definition) is 6. The molecule has 1 fully saturated rings. The van der Waals surface area contributed by atoms with E-state index in [4.69, 9.17) is 0 Å². The van der Waals surface area contributed by atoms with Gasteiger partial charge in [0, 0.05) is 44.4 Å². The second-order valence-corrected chi connectivity index (χ2v) is 9.02. The number of nitrogens with one attached hydrogen (secondary N) is 1. The summed E-state index contributed by atoms with van der Waals surface area (Å²) >= 11 is 0. The lowest BCUT2D eigenvalue weighted by atomic mass is 10.2. The van der Waals surface area contributed by atoms with Crippen molar-refractivity contribution in [3.05, 3.63) is 33.9 Å². The Labute approximate surface area is 159 Å². The number of hydrogen-bond donors (Lipinski definition) is 1. The average molecular weight is 398 g/mol. The quantitative estimate of drug-likeness (QED) is 0.541. The molecular formula is C17H26N4O5S. The van der Waals surface area contributed by atoms with Gasteiger partial charge < -0.3 is 5.32 Å². The Morgan fingerprint density at radius 3 is 2.44 bits per heavy atom. The molecule has 1 heterocycles. The van der Waals surface area contributed by atoms with E-state index < -0.39 is 14.9 Å². The molecule has 1 aliphatic rings. The van der Waals surface area contributed by atoms with E-state index in [0.29, 0.717) is 31.1 Å². The average Bonchev–Trinajstić information content (AvgIpc) is 2.60. The van der Waals surface area contributed by atoms with Gasteiger partial charge in [-0.3, -0.25) is 19.8 Å². The molecular weight excluding hydrogens is 372 g/mol. The summed E-state index contributed by atoms with van der Waals surface area (Å²) in [5, 5.41) is 13.9. The summed E-state index contributed by atoms with van der Waals surface area (Å²) in [6, 6.07) is 3.94. The molecule has 0 saturated carbocycles. The lowest BCUT2D eigenvalue weighted by molar-refractivity contribution is -0.385. The standard InChI is InChI=1S/C17H26N4O5S/c1-13(2)11-18-17(22)12-19-6-8-20(9-7-19)27(25,26)15-5-4-14(3)16(10-15)21(23)24/h4-5,10,13H,6-9,11-12H2,1-3H3,(H,18,22). The van der Waals surface area contributed by atoms with Gasteiger partial charge in [-0.25, -0.2) is 8.42 Å². The van der Waals surface area contributed by atoms with Crippen LogP contribution in [0.4, 0.5) is 5.69 Å². The van der Waals surface area contributed by atoms with E-state index in [2.05, 4.69) is 5.32 Å². The Balaban J connectivity index is 1.99. The van der Waals surface area contributed by atoms with Crippen molar-refractivity contribution in [3.8, 4) is 0 Å². The Morgan fingerprint density at radius 1 is 1.26 bits per heavy atom. The van der Waals surface area contributed by atoms with Crippen molar-refractivity contribution in [2.75, 3.05) is 39.3 Å². The van der Waals surface area contributed by atoms with Gasteiger partial charge in [0.05, 0.1) is 16.4 Å². The van der Waals surface area contributed by atoms with E-state index in [-0.39, 0.29) is 36.1 Å². The number of aryl methyl sites for hydroxylation is 1. The fourth-order valence-corrected chi connectivity index (χ4v) is 4.24. The molecule has 9 nitrogen and oxygen atoms in total. The van der Waals surface area contributed by atoms with E-state index >= 15 is 0 Å². The maximum Gasteiger partial charge on any atom is 0.273 e. The summed E-state index contributed by atoms with van der Waals surface area (Å²) in [5.41, 5.74) is 0.202. The second kappa shape index (κ2) is 8.77. The van der Waals surface area contributed by atoms with Crippen molar-refractivity contribution < 1.29 is 18.1 Å². The number of rotatable bonds is 7. The molecule has 1 amide bonds. The molecule has 0 spiro atoms. The number of benzene rings is 1. The predicted molar refractivity (Wildman–Crippen MR) is 101 cm³/mol. The third kappa shape index (κ3) is 5.47. The van der Waals surface area contributed by atoms with Crippen LogP contribution in [0.15, 0.2) is 23.1 Å². The van der Waals surface area contributed by atoms with E-state index in [9.17, 15) is 23.3 Å². The molecule has 1 aromatic rings. The molecule has 2 rings (SSSR count). The van der Waals surface area contributed by atoms with Gasteiger partial charge in [0.15, 0.2) is 0 Å². The molecule has 0 aromatic heterocycles. The summed E-state index contributed by atoms with van der Waals surface area (Å²) in [5.74, 6) is 0.295. The van der Waals surface area contributed by atoms with Crippen LogP contribution in [-0.4, -0.2) is 67.7 Å². The Bertz CT molecular complexity index is 802. The number of carbonyl (C=O) groups excluding carboxylic acids is 1. The molecule has 0 aliphatic carbocycles. The first-order chi connectivity index (χ1) is 12.6. The third-order valence-corrected chi connectivity index (χ3v) is 6.32. The zero-order chi connectivity index (χ0) is 20.2. The highest BCUT2D eigenvalue weighted by Gasteiger charge is 2.30. The summed E-state index contributed by atoms with van der Waals surface area (Å²) in [4.78, 5) is 24.2. The number of carbonyl (C=O) groups is 1. The predicted octanol–water partition coefficient (Wildman–Crippen LogP) is 0.982. The van der Waals surface area contributed by atoms with E-state index in [0.717, 1.165) is 6.07 Å². The van der Waals surface area contributed by atoms with E-state index in [1.165, 1.54) is 16.4 Å². The van der Waals surface area contributed by atoms with Crippen LogP contribution in [0.1, 0.15) is 19.4 Å². The zero-order valence-electron chi connectivity index (χ0n) is 15.8. The molecule has 10 heteroatoms. The van der Waals surface area contributed by atoms with Crippen LogP contribution in [0.2, 0.25) is 0 Å². The first-order valence-electron chi connectivity index (χ1n) is 8.85. The lowest BCUT2D eigenvalue weighted by Crippen LogP contribution is -2.51. The molecule has 27 heavy (non-hydrogen) atoms. The van der Waals surface area contributed by atoms with Crippen molar-refractivity contribution in [1.82, 2.24) is 14.5 Å².